The van der Waals surface area contributed by atoms with E-state index in [0.717, 1.165) is 9.47 Å². The van der Waals surface area contributed by atoms with Crippen LogP contribution in [0.5, 0.6) is 0 Å². The average Bonchev–Trinajstić information content (AvgIpc) is 2.56. The van der Waals surface area contributed by atoms with Gasteiger partial charge in [-0.25, -0.2) is 9.47 Å². The fourth-order valence-corrected chi connectivity index (χ4v) is 1.64. The number of halogens is 24. The first-order valence-corrected chi connectivity index (χ1v) is 7.35. The van der Waals surface area contributed by atoms with Gasteiger partial charge in [0.15, 0.2) is 0 Å². The highest BCUT2D eigenvalue weighted by atomic mass is 19.4. The topological polar surface area (TPSA) is 18.5 Å². The normalized spacial score (nSPS) is 16.9. The minimum atomic E-state index is -9.27. The van der Waals surface area contributed by atoms with Crippen molar-refractivity contribution >= 4 is 0 Å². The number of hydrogen-bond donors (Lipinski definition) is 0. The average molecular weight is 620 g/mol. The molecular weight excluding hydrogens is 620 g/mol. The molecule has 0 rings (SSSR count). The summed E-state index contributed by atoms with van der Waals surface area (Å²) in [5.41, 5.74) is 0. The fourth-order valence-electron chi connectivity index (χ4n) is 1.64. The third kappa shape index (κ3) is 5.26. The van der Waals surface area contributed by atoms with Gasteiger partial charge in [-0.2, -0.15) is 92.2 Å². The molecule has 0 N–H and O–H groups in total. The van der Waals surface area contributed by atoms with Gasteiger partial charge < -0.3 is 0 Å². The summed E-state index contributed by atoms with van der Waals surface area (Å²) in [5.74, 6) is -54.2. The summed E-state index contributed by atoms with van der Waals surface area (Å²) < 4.78 is 306. The Balaban J connectivity index is 6.77. The van der Waals surface area contributed by atoms with Crippen LogP contribution in [0.15, 0.2) is 0 Å². The van der Waals surface area contributed by atoms with Crippen molar-refractivity contribution in [3.8, 4) is 0 Å². The van der Waals surface area contributed by atoms with Crippen LogP contribution in [0.1, 0.15) is 0 Å². The second kappa shape index (κ2) is 8.62. The third-order valence-corrected chi connectivity index (χ3v) is 3.53. The van der Waals surface area contributed by atoms with Crippen LogP contribution in [0.2, 0.25) is 0 Å². The van der Waals surface area contributed by atoms with E-state index in [1.807, 2.05) is 0 Å². The summed E-state index contributed by atoms with van der Waals surface area (Å²) in [6, 6.07) is 0. The Bertz CT molecular complexity index is 816. The predicted octanol–water partition coefficient (Wildman–Crippen LogP) is 7.69. The highest BCUT2D eigenvalue weighted by molar-refractivity contribution is 5.14. The first kappa shape index (κ1) is 35.2. The second-order valence-corrected chi connectivity index (χ2v) is 6.14. The van der Waals surface area contributed by atoms with E-state index in [2.05, 4.69) is 0 Å². The molecule has 2 nitrogen and oxygen atoms in total. The quantitative estimate of drug-likeness (QED) is 0.234. The summed E-state index contributed by atoms with van der Waals surface area (Å²) >= 11 is 0. The lowest BCUT2D eigenvalue weighted by molar-refractivity contribution is -0.553. The van der Waals surface area contributed by atoms with Crippen molar-refractivity contribution in [2.24, 2.45) is 0 Å². The summed E-state index contributed by atoms with van der Waals surface area (Å²) in [4.78, 5) is 0. The maximum Gasteiger partial charge on any atom is 0.527 e. The third-order valence-electron chi connectivity index (χ3n) is 3.53. The van der Waals surface area contributed by atoms with Crippen LogP contribution >= 0.6 is 0 Å². The van der Waals surface area contributed by atoms with Gasteiger partial charge in [0.25, 0.3) is 0 Å². The molecule has 0 bridgehead atoms. The van der Waals surface area contributed by atoms with Crippen molar-refractivity contribution < 1.29 is 115 Å². The fraction of sp³-hybridized carbons (Fsp3) is 1.00. The Morgan fingerprint density at radius 2 is 0.486 bits per heavy atom. The Morgan fingerprint density at radius 1 is 0.243 bits per heavy atom. The highest BCUT2D eigenvalue weighted by Gasteiger charge is 2.96. The number of rotatable bonds is 10. The number of ether oxygens (including phenoxy) is 2. The molecule has 0 aliphatic rings. The lowest BCUT2D eigenvalue weighted by Crippen LogP contribution is -2.75. The number of alkyl halides is 24. The van der Waals surface area contributed by atoms with Gasteiger partial charge in [0.1, 0.15) is 0 Å². The second-order valence-electron chi connectivity index (χ2n) is 6.14. The van der Waals surface area contributed by atoms with Crippen LogP contribution in [0.3, 0.4) is 0 Å². The molecule has 0 amide bonds. The van der Waals surface area contributed by atoms with E-state index in [4.69, 9.17) is 0 Å². The van der Waals surface area contributed by atoms with Crippen molar-refractivity contribution in [2.75, 3.05) is 0 Å². The minimum absolute atomic E-state index is 0.937. The van der Waals surface area contributed by atoms with Crippen LogP contribution < -0.4 is 0 Å². The molecular formula is C11F24O2. The first-order chi connectivity index (χ1) is 15.4. The molecule has 26 heteroatoms. The predicted molar refractivity (Wildman–Crippen MR) is 58.8 cm³/mol. The standard InChI is InChI=1S/C11F24O2/c12-1(13,3(16,17)5(20,21)7(24,25)26)2(14,15)4(18,19)6(22,23)8(27,28)36-9(29,30)10(31,32)37-11(33,34)35. The maximum atomic E-state index is 13.3. The lowest BCUT2D eigenvalue weighted by atomic mass is 9.90. The first-order valence-electron chi connectivity index (χ1n) is 7.35. The van der Waals surface area contributed by atoms with E-state index in [1.165, 1.54) is 0 Å². The maximum absolute atomic E-state index is 13.3. The molecule has 0 aromatic carbocycles. The Labute approximate surface area is 183 Å². The molecule has 37 heavy (non-hydrogen) atoms. The van der Waals surface area contributed by atoms with Gasteiger partial charge in [-0.1, -0.05) is 0 Å². The summed E-state index contributed by atoms with van der Waals surface area (Å²) in [6.07, 6.45) is -39.3. The van der Waals surface area contributed by atoms with E-state index >= 15 is 0 Å². The minimum Gasteiger partial charge on any atom is -0.243 e. The zero-order valence-corrected chi connectivity index (χ0v) is 15.4. The molecule has 0 aliphatic carbocycles. The van der Waals surface area contributed by atoms with E-state index in [9.17, 15) is 105 Å². The molecule has 0 aliphatic heterocycles. The number of hydrogen-bond acceptors (Lipinski definition) is 2. The summed E-state index contributed by atoms with van der Waals surface area (Å²) in [5, 5.41) is 0. The molecule has 0 saturated heterocycles. The van der Waals surface area contributed by atoms with Gasteiger partial charge in [-0.05, 0) is 0 Å². The van der Waals surface area contributed by atoms with Crippen molar-refractivity contribution in [1.82, 2.24) is 0 Å². The van der Waals surface area contributed by atoms with Crippen LogP contribution in [0.25, 0.3) is 0 Å². The van der Waals surface area contributed by atoms with Crippen LogP contribution in [-0.4, -0.2) is 66.4 Å². The molecule has 224 valence electrons. The molecule has 0 aromatic heterocycles. The molecule has 0 atom stereocenters. The van der Waals surface area contributed by atoms with Gasteiger partial charge in [0.05, 0.1) is 0 Å². The van der Waals surface area contributed by atoms with Crippen LogP contribution in [0.4, 0.5) is 105 Å². The monoisotopic (exact) mass is 620 g/mol. The highest BCUT2D eigenvalue weighted by Crippen LogP contribution is 2.64. The molecule has 0 radical (unpaired) electrons. The van der Waals surface area contributed by atoms with Gasteiger partial charge in [-0.15, -0.1) is 13.2 Å². The van der Waals surface area contributed by atoms with Gasteiger partial charge >= 0.3 is 66.4 Å². The van der Waals surface area contributed by atoms with Crippen molar-refractivity contribution in [2.45, 2.75) is 66.4 Å². The summed E-state index contributed by atoms with van der Waals surface area (Å²) in [6.45, 7) is 0. The van der Waals surface area contributed by atoms with E-state index < -0.39 is 66.4 Å². The van der Waals surface area contributed by atoms with E-state index in [0.29, 0.717) is 0 Å². The molecule has 0 spiro atoms. The summed E-state index contributed by atoms with van der Waals surface area (Å²) in [7, 11) is 0. The van der Waals surface area contributed by atoms with E-state index in [-0.39, 0.29) is 0 Å². The van der Waals surface area contributed by atoms with Crippen LogP contribution in [0, 0.1) is 0 Å². The van der Waals surface area contributed by atoms with Crippen molar-refractivity contribution in [3.05, 3.63) is 0 Å². The van der Waals surface area contributed by atoms with Gasteiger partial charge in [-0.3, -0.25) is 0 Å². The van der Waals surface area contributed by atoms with E-state index in [1.54, 1.807) is 0 Å². The molecule has 0 aromatic rings. The largest absolute Gasteiger partial charge is 0.527 e. The Kier molecular flexibility index (Phi) is 8.21. The van der Waals surface area contributed by atoms with Crippen molar-refractivity contribution in [3.63, 3.8) is 0 Å². The van der Waals surface area contributed by atoms with Crippen LogP contribution in [-0.2, 0) is 9.47 Å². The molecule has 0 saturated carbocycles. The molecule has 0 heterocycles. The molecule has 0 fully saturated rings. The lowest BCUT2D eigenvalue weighted by Gasteiger charge is -2.42. The van der Waals surface area contributed by atoms with Gasteiger partial charge in [0, 0.05) is 0 Å². The smallest absolute Gasteiger partial charge is 0.243 e. The zero-order chi connectivity index (χ0) is 30.9. The van der Waals surface area contributed by atoms with Crippen molar-refractivity contribution in [1.29, 1.82) is 0 Å². The Hall–Kier alpha value is -1.76. The zero-order valence-electron chi connectivity index (χ0n) is 15.4. The SMILES string of the molecule is FC(F)(F)OC(F)(F)C(F)(F)OC(F)(F)C(F)(F)C(F)(F)C(F)(F)C(F)(F)C(F)(F)C(F)(F)C(F)(F)F. The Morgan fingerprint density at radius 3 is 0.757 bits per heavy atom. The molecule has 0 unspecified atom stereocenters. The van der Waals surface area contributed by atoms with Gasteiger partial charge in [0.2, 0.25) is 0 Å².